The molecule has 0 aliphatic rings. The van der Waals surface area contributed by atoms with E-state index >= 15 is 0 Å². The fraction of sp³-hybridized carbons (Fsp3) is 0.304. The van der Waals surface area contributed by atoms with Gasteiger partial charge in [0.15, 0.2) is 0 Å². The van der Waals surface area contributed by atoms with Crippen LogP contribution in [0.15, 0.2) is 59.1 Å². The SMILES string of the molecule is CC(C)Oc1ccc(Cl)cc1C(=O)N(C)CCCc1cc(-c2ccccc2)no1. The number of carbonyl (C=O) groups is 1. The Bertz CT molecular complexity index is 954. The van der Waals surface area contributed by atoms with Crippen molar-refractivity contribution in [2.45, 2.75) is 32.8 Å². The van der Waals surface area contributed by atoms with Crippen LogP contribution in [0, 0.1) is 0 Å². The standard InChI is InChI=1S/C23H25ClN2O3/c1-16(2)28-22-12-11-18(24)14-20(22)23(27)26(3)13-7-10-19-15-21(25-29-19)17-8-5-4-6-9-17/h4-6,8-9,11-12,14-16H,7,10,13H2,1-3H3. The summed E-state index contributed by atoms with van der Waals surface area (Å²) >= 11 is 6.09. The maximum atomic E-state index is 12.9. The van der Waals surface area contributed by atoms with E-state index in [-0.39, 0.29) is 12.0 Å². The van der Waals surface area contributed by atoms with Gasteiger partial charge in [-0.05, 0) is 38.5 Å². The van der Waals surface area contributed by atoms with Crippen molar-refractivity contribution in [2.24, 2.45) is 0 Å². The molecule has 5 nitrogen and oxygen atoms in total. The van der Waals surface area contributed by atoms with Crippen LogP contribution in [0.25, 0.3) is 11.3 Å². The third kappa shape index (κ3) is 5.61. The van der Waals surface area contributed by atoms with Crippen molar-refractivity contribution in [1.82, 2.24) is 10.1 Å². The van der Waals surface area contributed by atoms with Crippen LogP contribution in [0.2, 0.25) is 5.02 Å². The number of hydrogen-bond donors (Lipinski definition) is 0. The zero-order valence-corrected chi connectivity index (χ0v) is 17.6. The first-order valence-electron chi connectivity index (χ1n) is 9.66. The first-order chi connectivity index (χ1) is 13.9. The number of amides is 1. The minimum absolute atomic E-state index is 0.0294. The van der Waals surface area contributed by atoms with E-state index in [9.17, 15) is 4.79 Å². The molecule has 152 valence electrons. The van der Waals surface area contributed by atoms with E-state index in [0.717, 1.165) is 23.4 Å². The van der Waals surface area contributed by atoms with Gasteiger partial charge in [0.2, 0.25) is 0 Å². The van der Waals surface area contributed by atoms with Gasteiger partial charge in [0.1, 0.15) is 17.2 Å². The molecule has 1 heterocycles. The highest BCUT2D eigenvalue weighted by Crippen LogP contribution is 2.25. The van der Waals surface area contributed by atoms with Crippen molar-refractivity contribution in [3.05, 3.63) is 70.9 Å². The van der Waals surface area contributed by atoms with Gasteiger partial charge in [0.25, 0.3) is 5.91 Å². The molecule has 0 fully saturated rings. The Morgan fingerprint density at radius 3 is 2.66 bits per heavy atom. The fourth-order valence-electron chi connectivity index (χ4n) is 3.00. The molecule has 0 spiro atoms. The van der Waals surface area contributed by atoms with E-state index in [1.807, 2.05) is 50.2 Å². The molecule has 0 atom stereocenters. The summed E-state index contributed by atoms with van der Waals surface area (Å²) in [6.07, 6.45) is 1.42. The molecule has 0 aliphatic heterocycles. The molecule has 1 amide bonds. The first kappa shape index (κ1) is 20.9. The van der Waals surface area contributed by atoms with Crippen molar-refractivity contribution < 1.29 is 14.1 Å². The van der Waals surface area contributed by atoms with Crippen molar-refractivity contribution in [3.8, 4) is 17.0 Å². The normalized spacial score (nSPS) is 10.9. The van der Waals surface area contributed by atoms with E-state index in [4.69, 9.17) is 20.9 Å². The lowest BCUT2D eigenvalue weighted by molar-refractivity contribution is 0.0786. The average Bonchev–Trinajstić information content (AvgIpc) is 3.18. The molecule has 0 bridgehead atoms. The molecule has 0 saturated heterocycles. The third-order valence-electron chi connectivity index (χ3n) is 4.43. The summed E-state index contributed by atoms with van der Waals surface area (Å²) in [5.74, 6) is 1.23. The van der Waals surface area contributed by atoms with E-state index in [0.29, 0.717) is 29.3 Å². The Morgan fingerprint density at radius 2 is 1.93 bits per heavy atom. The summed E-state index contributed by atoms with van der Waals surface area (Å²) in [7, 11) is 1.78. The molecule has 0 N–H and O–H groups in total. The highest BCUT2D eigenvalue weighted by Gasteiger charge is 2.18. The van der Waals surface area contributed by atoms with Crippen LogP contribution >= 0.6 is 11.6 Å². The summed E-state index contributed by atoms with van der Waals surface area (Å²) in [5, 5.41) is 4.64. The molecule has 0 unspecified atom stereocenters. The zero-order chi connectivity index (χ0) is 20.8. The quantitative estimate of drug-likeness (QED) is 0.491. The second kappa shape index (κ2) is 9.61. The van der Waals surface area contributed by atoms with Crippen molar-refractivity contribution in [1.29, 1.82) is 0 Å². The molecule has 6 heteroatoms. The second-order valence-corrected chi connectivity index (χ2v) is 7.62. The minimum Gasteiger partial charge on any atom is -0.490 e. The largest absolute Gasteiger partial charge is 0.490 e. The predicted molar refractivity (Wildman–Crippen MR) is 114 cm³/mol. The van der Waals surface area contributed by atoms with Gasteiger partial charge in [-0.15, -0.1) is 0 Å². The molecule has 0 radical (unpaired) electrons. The van der Waals surface area contributed by atoms with Crippen LogP contribution in [-0.2, 0) is 6.42 Å². The van der Waals surface area contributed by atoms with E-state index in [2.05, 4.69) is 5.16 Å². The lowest BCUT2D eigenvalue weighted by atomic mass is 10.1. The topological polar surface area (TPSA) is 55.6 Å². The monoisotopic (exact) mass is 412 g/mol. The van der Waals surface area contributed by atoms with Crippen LogP contribution in [0.5, 0.6) is 5.75 Å². The average molecular weight is 413 g/mol. The summed E-state index contributed by atoms with van der Waals surface area (Å²) < 4.78 is 11.2. The van der Waals surface area contributed by atoms with Gasteiger partial charge in [-0.3, -0.25) is 4.79 Å². The zero-order valence-electron chi connectivity index (χ0n) is 16.9. The Labute approximate surface area is 176 Å². The van der Waals surface area contributed by atoms with Gasteiger partial charge < -0.3 is 14.2 Å². The number of halogens is 1. The van der Waals surface area contributed by atoms with Crippen molar-refractivity contribution >= 4 is 17.5 Å². The number of carbonyl (C=O) groups excluding carboxylic acids is 1. The Kier molecular flexibility index (Phi) is 6.94. The molecule has 0 saturated carbocycles. The molecule has 3 rings (SSSR count). The van der Waals surface area contributed by atoms with Gasteiger partial charge in [0, 0.05) is 36.7 Å². The number of aromatic nitrogens is 1. The molecule has 3 aromatic rings. The molecule has 2 aromatic carbocycles. The lowest BCUT2D eigenvalue weighted by Crippen LogP contribution is -2.28. The second-order valence-electron chi connectivity index (χ2n) is 7.18. The Morgan fingerprint density at radius 1 is 1.17 bits per heavy atom. The van der Waals surface area contributed by atoms with Crippen LogP contribution < -0.4 is 4.74 Å². The van der Waals surface area contributed by atoms with Gasteiger partial charge in [0.05, 0.1) is 11.7 Å². The van der Waals surface area contributed by atoms with Crippen LogP contribution in [-0.4, -0.2) is 35.7 Å². The van der Waals surface area contributed by atoms with Gasteiger partial charge in [-0.1, -0.05) is 47.1 Å². The summed E-state index contributed by atoms with van der Waals surface area (Å²) in [4.78, 5) is 14.6. The van der Waals surface area contributed by atoms with E-state index in [1.54, 1.807) is 30.1 Å². The van der Waals surface area contributed by atoms with Gasteiger partial charge in [-0.2, -0.15) is 0 Å². The first-order valence-corrected chi connectivity index (χ1v) is 10.0. The highest BCUT2D eigenvalue weighted by atomic mass is 35.5. The number of nitrogens with zero attached hydrogens (tertiary/aromatic N) is 2. The van der Waals surface area contributed by atoms with Crippen molar-refractivity contribution in [2.75, 3.05) is 13.6 Å². The molecule has 29 heavy (non-hydrogen) atoms. The van der Waals surface area contributed by atoms with Crippen molar-refractivity contribution in [3.63, 3.8) is 0 Å². The minimum atomic E-state index is -0.120. The number of benzene rings is 2. The molecule has 0 aliphatic carbocycles. The third-order valence-corrected chi connectivity index (χ3v) is 4.66. The summed E-state index contributed by atoms with van der Waals surface area (Å²) in [6.45, 7) is 4.43. The van der Waals surface area contributed by atoms with Crippen LogP contribution in [0.1, 0.15) is 36.4 Å². The number of rotatable bonds is 8. The van der Waals surface area contributed by atoms with Gasteiger partial charge >= 0.3 is 0 Å². The molecule has 1 aromatic heterocycles. The maximum Gasteiger partial charge on any atom is 0.257 e. The number of ether oxygens (including phenoxy) is 1. The molecular formula is C23H25ClN2O3. The van der Waals surface area contributed by atoms with E-state index < -0.39 is 0 Å². The highest BCUT2D eigenvalue weighted by molar-refractivity contribution is 6.31. The van der Waals surface area contributed by atoms with Crippen LogP contribution in [0.3, 0.4) is 0 Å². The summed E-state index contributed by atoms with van der Waals surface area (Å²) in [5.41, 5.74) is 2.31. The maximum absolute atomic E-state index is 12.9. The Hall–Kier alpha value is -2.79. The van der Waals surface area contributed by atoms with E-state index in [1.165, 1.54) is 0 Å². The fourth-order valence-corrected chi connectivity index (χ4v) is 3.17. The summed E-state index contributed by atoms with van der Waals surface area (Å²) in [6, 6.07) is 17.0. The molecular weight excluding hydrogens is 388 g/mol. The smallest absolute Gasteiger partial charge is 0.257 e. The predicted octanol–water partition coefficient (Wildman–Crippen LogP) is 5.49. The number of hydrogen-bond acceptors (Lipinski definition) is 4. The Balaban J connectivity index is 1.59. The number of aryl methyl sites for hydroxylation is 1. The lowest BCUT2D eigenvalue weighted by Gasteiger charge is -2.20. The van der Waals surface area contributed by atoms with Crippen LogP contribution in [0.4, 0.5) is 0 Å². The van der Waals surface area contributed by atoms with Gasteiger partial charge in [-0.25, -0.2) is 0 Å².